The van der Waals surface area contributed by atoms with Gasteiger partial charge in [0.1, 0.15) is 0 Å². The molecule has 0 bridgehead atoms. The average Bonchev–Trinajstić information content (AvgIpc) is 2.35. The first-order valence-electron chi connectivity index (χ1n) is 6.36. The molecular weight excluding hydrogens is 269 g/mol. The zero-order valence-corrected chi connectivity index (χ0v) is 12.5. The molecule has 0 aliphatic carbocycles. The minimum absolute atomic E-state index is 0.420. The first kappa shape index (κ1) is 15.8. The van der Waals surface area contributed by atoms with E-state index in [1.165, 1.54) is 0 Å². The molecule has 102 valence electrons. The van der Waals surface area contributed by atoms with E-state index in [0.29, 0.717) is 11.1 Å². The largest absolute Gasteiger partial charge is 0.382 e. The molecule has 0 aliphatic heterocycles. The van der Waals surface area contributed by atoms with Gasteiger partial charge in [0.25, 0.3) is 0 Å². The van der Waals surface area contributed by atoms with Crippen molar-refractivity contribution in [1.82, 2.24) is 5.32 Å². The van der Waals surface area contributed by atoms with E-state index in [2.05, 4.69) is 5.32 Å². The highest BCUT2D eigenvalue weighted by atomic mass is 35.5. The van der Waals surface area contributed by atoms with Gasteiger partial charge in [-0.1, -0.05) is 29.3 Å². The molecule has 0 amide bonds. The van der Waals surface area contributed by atoms with Crippen molar-refractivity contribution in [2.75, 3.05) is 20.3 Å². The zero-order valence-electron chi connectivity index (χ0n) is 11.0. The number of benzene rings is 1. The van der Waals surface area contributed by atoms with E-state index in [0.717, 1.165) is 43.1 Å². The van der Waals surface area contributed by atoms with Crippen LogP contribution in [-0.2, 0) is 11.2 Å². The second kappa shape index (κ2) is 8.76. The van der Waals surface area contributed by atoms with Crippen molar-refractivity contribution >= 4 is 23.2 Å². The number of hydrogen-bond acceptors (Lipinski definition) is 2. The smallest absolute Gasteiger partial charge is 0.0466 e. The van der Waals surface area contributed by atoms with Crippen molar-refractivity contribution in [3.63, 3.8) is 0 Å². The summed E-state index contributed by atoms with van der Waals surface area (Å²) >= 11 is 12.1. The summed E-state index contributed by atoms with van der Waals surface area (Å²) in [5.41, 5.74) is 1.14. The Kier molecular flexibility index (Phi) is 7.68. The van der Waals surface area contributed by atoms with Crippen LogP contribution in [0, 0.1) is 0 Å². The van der Waals surface area contributed by atoms with Gasteiger partial charge in [-0.2, -0.15) is 0 Å². The number of ether oxygens (including phenoxy) is 1. The minimum Gasteiger partial charge on any atom is -0.382 e. The molecule has 0 saturated carbocycles. The van der Waals surface area contributed by atoms with Crippen LogP contribution in [0.25, 0.3) is 0 Å². The number of rotatable bonds is 8. The molecule has 0 radical (unpaired) electrons. The fourth-order valence-corrected chi connectivity index (χ4v) is 2.36. The molecule has 1 aromatic carbocycles. The molecule has 1 atom stereocenters. The third-order valence-corrected chi connectivity index (χ3v) is 3.52. The monoisotopic (exact) mass is 289 g/mol. The second-order valence-corrected chi connectivity index (χ2v) is 5.11. The lowest BCUT2D eigenvalue weighted by atomic mass is 10.0. The fourth-order valence-electron chi connectivity index (χ4n) is 1.88. The number of hydrogen-bond donors (Lipinski definition) is 1. The molecule has 18 heavy (non-hydrogen) atoms. The van der Waals surface area contributed by atoms with Crippen molar-refractivity contribution in [2.45, 2.75) is 32.2 Å². The van der Waals surface area contributed by atoms with E-state index < -0.39 is 0 Å². The molecular formula is C14H21Cl2NO. The van der Waals surface area contributed by atoms with E-state index in [4.69, 9.17) is 27.9 Å². The standard InChI is InChI=1S/C14H21Cl2NO/c1-3-18-8-4-5-13(17-2)9-11-6-7-12(15)10-14(11)16/h6-7,10,13,17H,3-5,8-9H2,1-2H3. The summed E-state index contributed by atoms with van der Waals surface area (Å²) in [6.07, 6.45) is 3.05. The van der Waals surface area contributed by atoms with Crippen LogP contribution in [0.2, 0.25) is 10.0 Å². The zero-order chi connectivity index (χ0) is 13.4. The fraction of sp³-hybridized carbons (Fsp3) is 0.571. The van der Waals surface area contributed by atoms with Gasteiger partial charge in [0.05, 0.1) is 0 Å². The van der Waals surface area contributed by atoms with Crippen LogP contribution in [-0.4, -0.2) is 26.3 Å². The maximum absolute atomic E-state index is 6.18. The lowest BCUT2D eigenvalue weighted by Crippen LogP contribution is -2.28. The summed E-state index contributed by atoms with van der Waals surface area (Å²) in [7, 11) is 1.98. The molecule has 1 unspecified atom stereocenters. The molecule has 0 fully saturated rings. The van der Waals surface area contributed by atoms with Crippen LogP contribution in [0.3, 0.4) is 0 Å². The number of halogens is 2. The first-order chi connectivity index (χ1) is 8.67. The molecule has 0 saturated heterocycles. The van der Waals surface area contributed by atoms with E-state index >= 15 is 0 Å². The van der Waals surface area contributed by atoms with Gasteiger partial charge in [-0.15, -0.1) is 0 Å². The van der Waals surface area contributed by atoms with Crippen LogP contribution in [0.15, 0.2) is 18.2 Å². The van der Waals surface area contributed by atoms with E-state index in [1.807, 2.05) is 26.1 Å². The van der Waals surface area contributed by atoms with Crippen LogP contribution < -0.4 is 5.32 Å². The maximum atomic E-state index is 6.18. The van der Waals surface area contributed by atoms with Gasteiger partial charge < -0.3 is 10.1 Å². The Morgan fingerprint density at radius 1 is 1.33 bits per heavy atom. The maximum Gasteiger partial charge on any atom is 0.0466 e. The average molecular weight is 290 g/mol. The van der Waals surface area contributed by atoms with Gasteiger partial charge in [0.15, 0.2) is 0 Å². The van der Waals surface area contributed by atoms with Gasteiger partial charge >= 0.3 is 0 Å². The van der Waals surface area contributed by atoms with Crippen LogP contribution in [0.4, 0.5) is 0 Å². The molecule has 0 spiro atoms. The summed E-state index contributed by atoms with van der Waals surface area (Å²) in [5, 5.41) is 4.75. The normalized spacial score (nSPS) is 12.7. The Morgan fingerprint density at radius 2 is 2.11 bits per heavy atom. The Morgan fingerprint density at radius 3 is 2.72 bits per heavy atom. The van der Waals surface area contributed by atoms with Crippen molar-refractivity contribution in [3.05, 3.63) is 33.8 Å². The van der Waals surface area contributed by atoms with Crippen molar-refractivity contribution in [3.8, 4) is 0 Å². The highest BCUT2D eigenvalue weighted by Crippen LogP contribution is 2.22. The molecule has 4 heteroatoms. The minimum atomic E-state index is 0.420. The molecule has 0 heterocycles. The van der Waals surface area contributed by atoms with Gasteiger partial charge in [-0.05, 0) is 50.9 Å². The highest BCUT2D eigenvalue weighted by molar-refractivity contribution is 6.35. The Hall–Kier alpha value is -0.280. The number of likely N-dealkylation sites (N-methyl/N-ethyl adjacent to an activating group) is 1. The van der Waals surface area contributed by atoms with Crippen molar-refractivity contribution in [2.24, 2.45) is 0 Å². The summed E-state index contributed by atoms with van der Waals surface area (Å²) in [6, 6.07) is 6.10. The Bertz CT molecular complexity index is 358. The lowest BCUT2D eigenvalue weighted by Gasteiger charge is -2.17. The van der Waals surface area contributed by atoms with Crippen LogP contribution in [0.5, 0.6) is 0 Å². The van der Waals surface area contributed by atoms with Gasteiger partial charge in [0, 0.05) is 29.3 Å². The van der Waals surface area contributed by atoms with Crippen LogP contribution in [0.1, 0.15) is 25.3 Å². The SMILES string of the molecule is CCOCCCC(Cc1ccc(Cl)cc1Cl)NC. The Labute approximate surface area is 120 Å². The first-order valence-corrected chi connectivity index (χ1v) is 7.12. The lowest BCUT2D eigenvalue weighted by molar-refractivity contribution is 0.141. The van der Waals surface area contributed by atoms with Gasteiger partial charge in [-0.3, -0.25) is 0 Å². The highest BCUT2D eigenvalue weighted by Gasteiger charge is 2.10. The van der Waals surface area contributed by atoms with E-state index in [1.54, 1.807) is 6.07 Å². The predicted molar refractivity (Wildman–Crippen MR) is 78.7 cm³/mol. The molecule has 0 aliphatic rings. The molecule has 2 nitrogen and oxygen atoms in total. The summed E-state index contributed by atoms with van der Waals surface area (Å²) in [6.45, 7) is 3.62. The van der Waals surface area contributed by atoms with Gasteiger partial charge in [0.2, 0.25) is 0 Å². The number of nitrogens with one attached hydrogen (secondary N) is 1. The molecule has 0 aromatic heterocycles. The van der Waals surface area contributed by atoms with Gasteiger partial charge in [-0.25, -0.2) is 0 Å². The van der Waals surface area contributed by atoms with E-state index in [9.17, 15) is 0 Å². The van der Waals surface area contributed by atoms with Crippen molar-refractivity contribution in [1.29, 1.82) is 0 Å². The summed E-state index contributed by atoms with van der Waals surface area (Å²) in [4.78, 5) is 0. The predicted octanol–water partition coefficient (Wildman–Crippen LogP) is 3.94. The van der Waals surface area contributed by atoms with Crippen LogP contribution >= 0.6 is 23.2 Å². The Balaban J connectivity index is 2.46. The molecule has 1 N–H and O–H groups in total. The second-order valence-electron chi connectivity index (χ2n) is 4.26. The van der Waals surface area contributed by atoms with E-state index in [-0.39, 0.29) is 0 Å². The topological polar surface area (TPSA) is 21.3 Å². The third-order valence-electron chi connectivity index (χ3n) is 2.94. The molecule has 1 aromatic rings. The summed E-state index contributed by atoms with van der Waals surface area (Å²) < 4.78 is 5.35. The third kappa shape index (κ3) is 5.57. The molecule has 1 rings (SSSR count). The summed E-state index contributed by atoms with van der Waals surface area (Å²) in [5.74, 6) is 0. The van der Waals surface area contributed by atoms with Crippen molar-refractivity contribution < 1.29 is 4.74 Å². The quantitative estimate of drug-likeness (QED) is 0.732.